The summed E-state index contributed by atoms with van der Waals surface area (Å²) in [5.74, 6) is 0.349. The maximum Gasteiger partial charge on any atom is 0.354 e. The molecule has 1 fully saturated rings. The second-order valence-corrected chi connectivity index (χ2v) is 7.60. The fourth-order valence-electron chi connectivity index (χ4n) is 4.04. The summed E-state index contributed by atoms with van der Waals surface area (Å²) in [6.45, 7) is 4.92. The number of hydrogen-bond acceptors (Lipinski definition) is 4. The number of hydrogen-bond donors (Lipinski definition) is 1. The molecule has 5 rings (SSSR count). The Kier molecular flexibility index (Phi) is 3.79. The number of nitrogens with one attached hydrogen (secondary N) is 1. The fourth-order valence-corrected chi connectivity index (χ4v) is 4.04. The SMILES string of the molecule is CCOC(=O)c1cc2c(ncn2-c2ccc3c(c2)C(=O)N([C@@H](C)C2CC2)C3)[nH]1. The van der Waals surface area contributed by atoms with Gasteiger partial charge in [0.2, 0.25) is 0 Å². The van der Waals surface area contributed by atoms with E-state index in [1.807, 2.05) is 27.7 Å². The third kappa shape index (κ3) is 2.61. The van der Waals surface area contributed by atoms with E-state index in [4.69, 9.17) is 4.74 Å². The van der Waals surface area contributed by atoms with Crippen LogP contribution in [0.1, 0.15) is 53.1 Å². The average Bonchev–Trinajstić information content (AvgIpc) is 3.21. The van der Waals surface area contributed by atoms with Gasteiger partial charge in [-0.1, -0.05) is 6.07 Å². The standard InChI is InChI=1S/C21H22N4O3/c1-3-28-21(27)17-9-18-19(23-17)22-11-25(18)15-7-6-14-10-24(12(2)13-4-5-13)20(26)16(14)8-15/h6-9,11-13,23H,3-5,10H2,1-2H3/t12-/m0/s1. The zero-order valence-corrected chi connectivity index (χ0v) is 15.9. The smallest absolute Gasteiger partial charge is 0.354 e. The number of rotatable bonds is 5. The number of aromatic nitrogens is 3. The minimum Gasteiger partial charge on any atom is -0.461 e. The molecule has 1 aromatic carbocycles. The van der Waals surface area contributed by atoms with Gasteiger partial charge in [-0.2, -0.15) is 0 Å². The molecule has 1 N–H and O–H groups in total. The molecule has 0 unspecified atom stereocenters. The number of benzene rings is 1. The first-order valence-corrected chi connectivity index (χ1v) is 9.74. The van der Waals surface area contributed by atoms with E-state index in [0.717, 1.165) is 22.3 Å². The topological polar surface area (TPSA) is 80.2 Å². The lowest BCUT2D eigenvalue weighted by molar-refractivity contribution is 0.0520. The largest absolute Gasteiger partial charge is 0.461 e. The van der Waals surface area contributed by atoms with E-state index in [2.05, 4.69) is 16.9 Å². The highest BCUT2D eigenvalue weighted by Crippen LogP contribution is 2.38. The quantitative estimate of drug-likeness (QED) is 0.691. The lowest BCUT2D eigenvalue weighted by atomic mass is 10.1. The molecule has 3 heterocycles. The number of carbonyl (C=O) groups is 2. The van der Waals surface area contributed by atoms with Gasteiger partial charge in [0.05, 0.1) is 12.1 Å². The van der Waals surface area contributed by atoms with Gasteiger partial charge in [-0.3, -0.25) is 9.36 Å². The fraction of sp³-hybridized carbons (Fsp3) is 0.381. The van der Waals surface area contributed by atoms with Gasteiger partial charge in [0.1, 0.15) is 12.0 Å². The van der Waals surface area contributed by atoms with Gasteiger partial charge in [-0.15, -0.1) is 0 Å². The summed E-state index contributed by atoms with van der Waals surface area (Å²) >= 11 is 0. The van der Waals surface area contributed by atoms with Crippen molar-refractivity contribution in [2.45, 2.75) is 39.3 Å². The van der Waals surface area contributed by atoms with Crippen molar-refractivity contribution in [1.29, 1.82) is 0 Å². The van der Waals surface area contributed by atoms with Crippen LogP contribution in [-0.2, 0) is 11.3 Å². The van der Waals surface area contributed by atoms with Crippen LogP contribution in [0.25, 0.3) is 16.9 Å². The van der Waals surface area contributed by atoms with Crippen molar-refractivity contribution in [1.82, 2.24) is 19.4 Å². The third-order valence-electron chi connectivity index (χ3n) is 5.83. The van der Waals surface area contributed by atoms with Crippen molar-refractivity contribution >= 4 is 23.0 Å². The van der Waals surface area contributed by atoms with E-state index >= 15 is 0 Å². The van der Waals surface area contributed by atoms with Gasteiger partial charge >= 0.3 is 5.97 Å². The maximum absolute atomic E-state index is 13.0. The second kappa shape index (κ2) is 6.22. The lowest BCUT2D eigenvalue weighted by Crippen LogP contribution is -2.34. The van der Waals surface area contributed by atoms with Crippen molar-refractivity contribution in [3.8, 4) is 5.69 Å². The number of fused-ring (bicyclic) bond motifs is 2. The van der Waals surface area contributed by atoms with E-state index in [1.165, 1.54) is 12.8 Å². The lowest BCUT2D eigenvalue weighted by Gasteiger charge is -2.23. The normalized spacial score (nSPS) is 17.2. The summed E-state index contributed by atoms with van der Waals surface area (Å²) in [5.41, 5.74) is 4.43. The van der Waals surface area contributed by atoms with Crippen LogP contribution >= 0.6 is 0 Å². The van der Waals surface area contributed by atoms with Crippen LogP contribution < -0.4 is 0 Å². The highest BCUT2D eigenvalue weighted by atomic mass is 16.5. The molecule has 0 radical (unpaired) electrons. The van der Waals surface area contributed by atoms with Crippen molar-refractivity contribution in [2.24, 2.45) is 5.92 Å². The summed E-state index contributed by atoms with van der Waals surface area (Å²) in [7, 11) is 0. The molecule has 0 saturated heterocycles. The Morgan fingerprint density at radius 3 is 2.93 bits per heavy atom. The van der Waals surface area contributed by atoms with E-state index in [-0.39, 0.29) is 5.91 Å². The summed E-state index contributed by atoms with van der Waals surface area (Å²) in [5, 5.41) is 0. The number of H-pyrrole nitrogens is 1. The Labute approximate surface area is 162 Å². The molecule has 2 aliphatic rings. The Morgan fingerprint density at radius 1 is 1.36 bits per heavy atom. The van der Waals surface area contributed by atoms with E-state index in [9.17, 15) is 9.59 Å². The molecule has 144 valence electrons. The molecule has 1 atom stereocenters. The first-order chi connectivity index (χ1) is 13.6. The van der Waals surface area contributed by atoms with E-state index in [0.29, 0.717) is 36.5 Å². The van der Waals surface area contributed by atoms with E-state index in [1.54, 1.807) is 19.3 Å². The maximum atomic E-state index is 13.0. The van der Waals surface area contributed by atoms with Crippen molar-refractivity contribution in [3.63, 3.8) is 0 Å². The highest BCUT2D eigenvalue weighted by Gasteiger charge is 2.38. The number of amides is 1. The number of imidazole rings is 1. The summed E-state index contributed by atoms with van der Waals surface area (Å²) in [6, 6.07) is 7.97. The second-order valence-electron chi connectivity index (χ2n) is 7.60. The summed E-state index contributed by atoms with van der Waals surface area (Å²) in [4.78, 5) is 34.3. The predicted molar refractivity (Wildman–Crippen MR) is 103 cm³/mol. The van der Waals surface area contributed by atoms with Crippen LogP contribution in [-0.4, -0.2) is 44.0 Å². The first kappa shape index (κ1) is 17.0. The molecule has 2 aromatic heterocycles. The minimum absolute atomic E-state index is 0.105. The van der Waals surface area contributed by atoms with Gasteiger partial charge in [0, 0.05) is 23.8 Å². The minimum atomic E-state index is -0.402. The Bertz CT molecular complexity index is 1090. The predicted octanol–water partition coefficient (Wildman–Crippen LogP) is 3.28. The Balaban J connectivity index is 1.49. The van der Waals surface area contributed by atoms with Crippen LogP contribution in [0.4, 0.5) is 0 Å². The van der Waals surface area contributed by atoms with Gasteiger partial charge in [-0.05, 0) is 56.4 Å². The van der Waals surface area contributed by atoms with Crippen LogP contribution in [0.5, 0.6) is 0 Å². The Morgan fingerprint density at radius 2 is 2.18 bits per heavy atom. The van der Waals surface area contributed by atoms with Crippen LogP contribution in [0, 0.1) is 5.92 Å². The molecule has 1 saturated carbocycles. The molecule has 0 spiro atoms. The number of ether oxygens (including phenoxy) is 1. The first-order valence-electron chi connectivity index (χ1n) is 9.74. The molecule has 28 heavy (non-hydrogen) atoms. The molecular formula is C21H22N4O3. The van der Waals surface area contributed by atoms with Gasteiger partial charge < -0.3 is 14.6 Å². The third-order valence-corrected chi connectivity index (χ3v) is 5.83. The van der Waals surface area contributed by atoms with Gasteiger partial charge in [0.25, 0.3) is 5.91 Å². The molecule has 7 nitrogen and oxygen atoms in total. The monoisotopic (exact) mass is 378 g/mol. The molecule has 3 aromatic rings. The van der Waals surface area contributed by atoms with Crippen molar-refractivity contribution < 1.29 is 14.3 Å². The zero-order valence-electron chi connectivity index (χ0n) is 15.9. The van der Waals surface area contributed by atoms with Crippen LogP contribution in [0.2, 0.25) is 0 Å². The highest BCUT2D eigenvalue weighted by molar-refractivity contribution is 5.99. The number of nitrogens with zero attached hydrogens (tertiary/aromatic N) is 3. The molecule has 1 aliphatic heterocycles. The van der Waals surface area contributed by atoms with Crippen LogP contribution in [0.3, 0.4) is 0 Å². The average molecular weight is 378 g/mol. The molecule has 0 bridgehead atoms. The number of aromatic amines is 1. The van der Waals surface area contributed by atoms with Crippen molar-refractivity contribution in [2.75, 3.05) is 6.61 Å². The zero-order chi connectivity index (χ0) is 19.4. The number of carbonyl (C=O) groups excluding carboxylic acids is 2. The van der Waals surface area contributed by atoms with Gasteiger partial charge in [0.15, 0.2) is 5.65 Å². The Hall–Kier alpha value is -3.09. The molecule has 1 amide bonds. The molecule has 7 heteroatoms. The van der Waals surface area contributed by atoms with Crippen LogP contribution in [0.15, 0.2) is 30.6 Å². The van der Waals surface area contributed by atoms with Gasteiger partial charge in [-0.25, -0.2) is 9.78 Å². The molecular weight excluding hydrogens is 356 g/mol. The summed E-state index contributed by atoms with van der Waals surface area (Å²) in [6.07, 6.45) is 4.13. The van der Waals surface area contributed by atoms with Crippen molar-refractivity contribution in [3.05, 3.63) is 47.4 Å². The number of esters is 1. The van der Waals surface area contributed by atoms with E-state index < -0.39 is 5.97 Å². The molecule has 1 aliphatic carbocycles. The summed E-state index contributed by atoms with van der Waals surface area (Å²) < 4.78 is 6.93.